The van der Waals surface area contributed by atoms with Crippen LogP contribution < -0.4 is 11.1 Å². The molecule has 1 aromatic carbocycles. The van der Waals surface area contributed by atoms with E-state index in [9.17, 15) is 13.6 Å². The summed E-state index contributed by atoms with van der Waals surface area (Å²) in [6.45, 7) is 1.42. The van der Waals surface area contributed by atoms with Crippen molar-refractivity contribution in [3.63, 3.8) is 0 Å². The summed E-state index contributed by atoms with van der Waals surface area (Å²) in [4.78, 5) is 12.2. The minimum atomic E-state index is -1.14. The molecular weight excluding hydrogens is 268 g/mol. The molecule has 1 aromatic rings. The zero-order valence-corrected chi connectivity index (χ0v) is 10.9. The smallest absolute Gasteiger partial charge is 0.238 e. The summed E-state index contributed by atoms with van der Waals surface area (Å²) in [6.07, 6.45) is 1.56. The Morgan fingerprint density at radius 3 is 2.55 bits per heavy atom. The molecular formula is C13H15F2N3O2. The summed E-state index contributed by atoms with van der Waals surface area (Å²) in [6, 6.07) is 1.92. The number of hydrogen-bond donors (Lipinski definition) is 3. The molecule has 0 saturated heterocycles. The molecule has 7 heteroatoms. The standard InChI is InChI=1S/C13H15F2N3O2/c1-7-5-9(15)10(6-8(7)14)17-12(19)13(3-2-4-13)11(16)18-20/h5-6,20H,2-4H2,1H3,(H2,16,18)(H,17,19). The molecule has 2 rings (SSSR count). The molecule has 5 nitrogen and oxygen atoms in total. The SMILES string of the molecule is Cc1cc(F)c(NC(=O)C2(/C(N)=N/O)CCC2)cc1F. The van der Waals surface area contributed by atoms with Crippen LogP contribution in [0, 0.1) is 24.0 Å². The van der Waals surface area contributed by atoms with Gasteiger partial charge in [-0.25, -0.2) is 8.78 Å². The van der Waals surface area contributed by atoms with Gasteiger partial charge in [-0.05, 0) is 31.4 Å². The van der Waals surface area contributed by atoms with E-state index in [4.69, 9.17) is 10.9 Å². The second-order valence-electron chi connectivity index (χ2n) is 4.96. The number of aryl methyl sites for hydroxylation is 1. The number of oxime groups is 1. The molecule has 0 aliphatic heterocycles. The van der Waals surface area contributed by atoms with E-state index >= 15 is 0 Å². The Morgan fingerprint density at radius 2 is 2.05 bits per heavy atom. The lowest BCUT2D eigenvalue weighted by atomic mass is 9.67. The van der Waals surface area contributed by atoms with Crippen molar-refractivity contribution in [1.29, 1.82) is 0 Å². The molecule has 0 unspecified atom stereocenters. The topological polar surface area (TPSA) is 87.7 Å². The van der Waals surface area contributed by atoms with Crippen molar-refractivity contribution in [3.05, 3.63) is 29.3 Å². The van der Waals surface area contributed by atoms with Gasteiger partial charge in [0.2, 0.25) is 5.91 Å². The van der Waals surface area contributed by atoms with E-state index in [1.807, 2.05) is 0 Å². The third-order valence-corrected chi connectivity index (χ3v) is 3.74. The maximum Gasteiger partial charge on any atom is 0.238 e. The Labute approximate surface area is 114 Å². The van der Waals surface area contributed by atoms with Crippen LogP contribution in [0.2, 0.25) is 0 Å². The third-order valence-electron chi connectivity index (χ3n) is 3.74. The van der Waals surface area contributed by atoms with Gasteiger partial charge >= 0.3 is 0 Å². The van der Waals surface area contributed by atoms with E-state index in [0.717, 1.165) is 18.6 Å². The van der Waals surface area contributed by atoms with Crippen LogP contribution in [0.25, 0.3) is 0 Å². The Balaban J connectivity index is 2.26. The van der Waals surface area contributed by atoms with Gasteiger partial charge in [0, 0.05) is 6.07 Å². The van der Waals surface area contributed by atoms with Crippen LogP contribution in [0.4, 0.5) is 14.5 Å². The summed E-state index contributed by atoms with van der Waals surface area (Å²) in [5, 5.41) is 13.9. The van der Waals surface area contributed by atoms with Gasteiger partial charge in [-0.15, -0.1) is 0 Å². The first-order valence-electron chi connectivity index (χ1n) is 6.16. The molecule has 1 fully saturated rings. The average molecular weight is 283 g/mol. The minimum absolute atomic E-state index is 0.148. The first-order chi connectivity index (χ1) is 9.40. The molecule has 0 heterocycles. The van der Waals surface area contributed by atoms with Crippen molar-refractivity contribution in [2.45, 2.75) is 26.2 Å². The number of benzene rings is 1. The monoisotopic (exact) mass is 283 g/mol. The predicted octanol–water partition coefficient (Wildman–Crippen LogP) is 2.13. The van der Waals surface area contributed by atoms with Gasteiger partial charge in [0.25, 0.3) is 0 Å². The highest BCUT2D eigenvalue weighted by Crippen LogP contribution is 2.42. The summed E-state index contributed by atoms with van der Waals surface area (Å²) < 4.78 is 27.1. The highest BCUT2D eigenvalue weighted by Gasteiger charge is 2.48. The normalized spacial score (nSPS) is 17.4. The Morgan fingerprint density at radius 1 is 1.40 bits per heavy atom. The maximum absolute atomic E-state index is 13.7. The van der Waals surface area contributed by atoms with Crippen LogP contribution >= 0.6 is 0 Å². The van der Waals surface area contributed by atoms with Crippen molar-refractivity contribution < 1.29 is 18.8 Å². The first kappa shape index (κ1) is 14.2. The molecule has 108 valence electrons. The molecule has 0 bridgehead atoms. The maximum atomic E-state index is 13.7. The first-order valence-corrected chi connectivity index (χ1v) is 6.16. The number of halogens is 2. The summed E-state index contributed by atoms with van der Waals surface area (Å²) >= 11 is 0. The van der Waals surface area contributed by atoms with Gasteiger partial charge in [-0.2, -0.15) is 0 Å². The fourth-order valence-corrected chi connectivity index (χ4v) is 2.21. The number of nitrogens with one attached hydrogen (secondary N) is 1. The molecule has 1 saturated carbocycles. The van der Waals surface area contributed by atoms with E-state index < -0.39 is 23.0 Å². The van der Waals surface area contributed by atoms with Crippen molar-refractivity contribution in [2.24, 2.45) is 16.3 Å². The average Bonchev–Trinajstić information content (AvgIpc) is 2.34. The van der Waals surface area contributed by atoms with E-state index in [2.05, 4.69) is 10.5 Å². The second-order valence-corrected chi connectivity index (χ2v) is 4.96. The van der Waals surface area contributed by atoms with Gasteiger partial charge in [-0.3, -0.25) is 4.79 Å². The van der Waals surface area contributed by atoms with E-state index in [1.165, 1.54) is 6.92 Å². The predicted molar refractivity (Wildman–Crippen MR) is 69.4 cm³/mol. The van der Waals surface area contributed by atoms with Crippen molar-refractivity contribution >= 4 is 17.4 Å². The van der Waals surface area contributed by atoms with Crippen LogP contribution in [-0.2, 0) is 4.79 Å². The lowest BCUT2D eigenvalue weighted by Gasteiger charge is -2.38. The van der Waals surface area contributed by atoms with Crippen LogP contribution in [0.15, 0.2) is 17.3 Å². The number of hydrogen-bond acceptors (Lipinski definition) is 3. The lowest BCUT2D eigenvalue weighted by molar-refractivity contribution is -0.125. The van der Waals surface area contributed by atoms with Gasteiger partial charge in [-0.1, -0.05) is 11.6 Å². The number of nitrogens with zero attached hydrogens (tertiary/aromatic N) is 1. The molecule has 0 radical (unpaired) electrons. The van der Waals surface area contributed by atoms with E-state index in [1.54, 1.807) is 0 Å². The quantitative estimate of drug-likeness (QED) is 0.343. The Hall–Kier alpha value is -2.18. The third kappa shape index (κ3) is 2.19. The van der Waals surface area contributed by atoms with E-state index in [-0.39, 0.29) is 17.1 Å². The van der Waals surface area contributed by atoms with Crippen molar-refractivity contribution in [3.8, 4) is 0 Å². The number of anilines is 1. The van der Waals surface area contributed by atoms with Gasteiger partial charge in [0.05, 0.1) is 5.69 Å². The number of amides is 1. The molecule has 0 atom stereocenters. The number of nitrogens with two attached hydrogens (primary N) is 1. The zero-order valence-electron chi connectivity index (χ0n) is 10.9. The molecule has 0 aromatic heterocycles. The van der Waals surface area contributed by atoms with Gasteiger partial charge < -0.3 is 16.3 Å². The number of carbonyl (C=O) groups excluding carboxylic acids is 1. The molecule has 1 aliphatic rings. The number of amidine groups is 1. The Kier molecular flexibility index (Phi) is 3.61. The lowest BCUT2D eigenvalue weighted by Crippen LogP contribution is -2.51. The van der Waals surface area contributed by atoms with Crippen LogP contribution in [0.5, 0.6) is 0 Å². The molecule has 20 heavy (non-hydrogen) atoms. The summed E-state index contributed by atoms with van der Waals surface area (Å²) in [7, 11) is 0. The van der Waals surface area contributed by atoms with Gasteiger partial charge in [0.15, 0.2) is 5.84 Å². The van der Waals surface area contributed by atoms with Crippen LogP contribution in [0.1, 0.15) is 24.8 Å². The largest absolute Gasteiger partial charge is 0.409 e. The molecule has 1 aliphatic carbocycles. The Bertz CT molecular complexity index is 583. The zero-order chi connectivity index (χ0) is 14.9. The summed E-state index contributed by atoms with van der Waals surface area (Å²) in [5.41, 5.74) is 4.29. The second kappa shape index (κ2) is 5.07. The van der Waals surface area contributed by atoms with Crippen LogP contribution in [0.3, 0.4) is 0 Å². The van der Waals surface area contributed by atoms with Crippen molar-refractivity contribution in [1.82, 2.24) is 0 Å². The fourth-order valence-electron chi connectivity index (χ4n) is 2.21. The van der Waals surface area contributed by atoms with Crippen LogP contribution in [-0.4, -0.2) is 17.0 Å². The highest BCUT2D eigenvalue weighted by molar-refractivity contribution is 6.12. The van der Waals surface area contributed by atoms with Crippen molar-refractivity contribution in [2.75, 3.05) is 5.32 Å². The van der Waals surface area contributed by atoms with E-state index in [0.29, 0.717) is 12.8 Å². The minimum Gasteiger partial charge on any atom is -0.409 e. The molecule has 1 amide bonds. The number of carbonyl (C=O) groups is 1. The fraction of sp³-hybridized carbons (Fsp3) is 0.385. The summed E-state index contributed by atoms with van der Waals surface area (Å²) in [5.74, 6) is -2.16. The highest BCUT2D eigenvalue weighted by atomic mass is 19.1. The van der Waals surface area contributed by atoms with Gasteiger partial charge in [0.1, 0.15) is 17.0 Å². The molecule has 4 N–H and O–H groups in total. The number of rotatable bonds is 3. The molecule has 0 spiro atoms.